The van der Waals surface area contributed by atoms with Gasteiger partial charge in [-0.3, -0.25) is 18.7 Å². The molecule has 0 bridgehead atoms. The number of para-hydroxylation sites is 2. The summed E-state index contributed by atoms with van der Waals surface area (Å²) >= 11 is 2.56. The van der Waals surface area contributed by atoms with Crippen LogP contribution >= 0.6 is 23.1 Å². The van der Waals surface area contributed by atoms with Crippen LogP contribution in [0.15, 0.2) is 58.5 Å². The predicted molar refractivity (Wildman–Crippen MR) is 134 cm³/mol. The largest absolute Gasteiger partial charge is 0.376 e. The van der Waals surface area contributed by atoms with Crippen LogP contribution in [0.5, 0.6) is 0 Å². The highest BCUT2D eigenvalue weighted by Gasteiger charge is 2.20. The maximum Gasteiger partial charge on any atom is 0.308 e. The highest BCUT2D eigenvalue weighted by molar-refractivity contribution is 7.99. The van der Waals surface area contributed by atoms with Gasteiger partial charge >= 0.3 is 4.87 Å². The third-order valence-electron chi connectivity index (χ3n) is 5.81. The molecule has 0 saturated carbocycles. The minimum absolute atomic E-state index is 0.0387. The van der Waals surface area contributed by atoms with Gasteiger partial charge in [-0.05, 0) is 43.5 Å². The summed E-state index contributed by atoms with van der Waals surface area (Å²) in [4.78, 5) is 25.1. The van der Waals surface area contributed by atoms with Gasteiger partial charge in [0, 0.05) is 13.2 Å². The van der Waals surface area contributed by atoms with Gasteiger partial charge in [0.25, 0.3) is 0 Å². The Bertz CT molecular complexity index is 1370. The van der Waals surface area contributed by atoms with Crippen LogP contribution in [0.1, 0.15) is 24.2 Å². The van der Waals surface area contributed by atoms with Crippen molar-refractivity contribution in [2.75, 3.05) is 18.9 Å². The molecule has 0 spiro atoms. The zero-order chi connectivity index (χ0) is 23.5. The highest BCUT2D eigenvalue weighted by atomic mass is 32.2. The van der Waals surface area contributed by atoms with E-state index in [1.807, 2.05) is 60.0 Å². The van der Waals surface area contributed by atoms with Crippen LogP contribution in [-0.4, -0.2) is 50.2 Å². The number of nitrogens with zero attached hydrogens (tertiary/aromatic N) is 4. The van der Waals surface area contributed by atoms with Gasteiger partial charge in [-0.1, -0.05) is 53.4 Å². The third kappa shape index (κ3) is 4.79. The number of carbonyl (C=O) groups excluding carboxylic acids is 1. The van der Waals surface area contributed by atoms with Gasteiger partial charge in [0.15, 0.2) is 11.0 Å². The number of nitrogens with one attached hydrogen (secondary N) is 1. The molecule has 1 N–H and O–H groups in total. The molecule has 4 aromatic rings. The van der Waals surface area contributed by atoms with Crippen LogP contribution in [0.3, 0.4) is 0 Å². The number of aromatic nitrogens is 4. The number of hydrogen-bond acceptors (Lipinski definition) is 7. The summed E-state index contributed by atoms with van der Waals surface area (Å²) in [7, 11) is 0. The molecule has 1 aliphatic rings. The number of fused-ring (bicyclic) bond motifs is 1. The van der Waals surface area contributed by atoms with Gasteiger partial charge in [-0.2, -0.15) is 0 Å². The van der Waals surface area contributed by atoms with Crippen LogP contribution < -0.4 is 10.2 Å². The molecular formula is C24H25N5O3S2. The molecule has 2 aromatic heterocycles. The summed E-state index contributed by atoms with van der Waals surface area (Å²) in [5, 5.41) is 12.4. The summed E-state index contributed by atoms with van der Waals surface area (Å²) < 4.78 is 10.2. The highest BCUT2D eigenvalue weighted by Crippen LogP contribution is 2.26. The van der Waals surface area contributed by atoms with Gasteiger partial charge in [-0.25, -0.2) is 0 Å². The monoisotopic (exact) mass is 495 g/mol. The van der Waals surface area contributed by atoms with Crippen LogP contribution in [0, 0.1) is 6.92 Å². The molecule has 1 saturated heterocycles. The Labute approximate surface area is 205 Å². The van der Waals surface area contributed by atoms with E-state index in [0.29, 0.717) is 17.5 Å². The number of aryl methyl sites for hydroxylation is 1. The van der Waals surface area contributed by atoms with Crippen molar-refractivity contribution in [1.29, 1.82) is 0 Å². The van der Waals surface area contributed by atoms with Crippen molar-refractivity contribution in [2.24, 2.45) is 0 Å². The number of carbonyl (C=O) groups is 1. The second-order valence-corrected chi connectivity index (χ2v) is 10.1. The molecule has 2 aromatic carbocycles. The Morgan fingerprint density at radius 1 is 1.21 bits per heavy atom. The Morgan fingerprint density at radius 2 is 2.03 bits per heavy atom. The quantitative estimate of drug-likeness (QED) is 0.377. The van der Waals surface area contributed by atoms with E-state index in [-0.39, 0.29) is 29.2 Å². The minimum atomic E-state index is -0.0681. The van der Waals surface area contributed by atoms with Gasteiger partial charge in [0.2, 0.25) is 5.91 Å². The van der Waals surface area contributed by atoms with Gasteiger partial charge < -0.3 is 10.1 Å². The first-order valence-electron chi connectivity index (χ1n) is 11.2. The molecule has 5 rings (SSSR count). The van der Waals surface area contributed by atoms with E-state index in [2.05, 4.69) is 15.5 Å². The van der Waals surface area contributed by atoms with Crippen molar-refractivity contribution in [3.05, 3.63) is 69.6 Å². The van der Waals surface area contributed by atoms with Crippen LogP contribution in [0.4, 0.5) is 0 Å². The van der Waals surface area contributed by atoms with Crippen molar-refractivity contribution in [2.45, 2.75) is 37.6 Å². The molecule has 0 radical (unpaired) electrons. The van der Waals surface area contributed by atoms with E-state index >= 15 is 0 Å². The summed E-state index contributed by atoms with van der Waals surface area (Å²) in [5.41, 5.74) is 2.85. The van der Waals surface area contributed by atoms with Crippen molar-refractivity contribution in [3.8, 4) is 5.69 Å². The fraction of sp³-hybridized carbons (Fsp3) is 0.333. The lowest BCUT2D eigenvalue weighted by atomic mass is 10.2. The number of amides is 1. The van der Waals surface area contributed by atoms with E-state index in [1.54, 1.807) is 4.57 Å². The number of benzene rings is 2. The fourth-order valence-corrected chi connectivity index (χ4v) is 5.76. The van der Waals surface area contributed by atoms with E-state index in [9.17, 15) is 9.59 Å². The first kappa shape index (κ1) is 22.8. The van der Waals surface area contributed by atoms with Gasteiger partial charge in [-0.15, -0.1) is 10.2 Å². The number of thioether (sulfide) groups is 1. The summed E-state index contributed by atoms with van der Waals surface area (Å²) in [6.45, 7) is 3.60. The molecule has 1 aliphatic heterocycles. The first-order valence-corrected chi connectivity index (χ1v) is 13.0. The molecular weight excluding hydrogens is 470 g/mol. The van der Waals surface area contributed by atoms with E-state index in [0.717, 1.165) is 40.9 Å². The van der Waals surface area contributed by atoms with Crippen LogP contribution in [0.2, 0.25) is 0 Å². The van der Waals surface area contributed by atoms with Gasteiger partial charge in [0.1, 0.15) is 0 Å². The van der Waals surface area contributed by atoms with Gasteiger partial charge in [0.05, 0.1) is 34.3 Å². The number of hydrogen-bond donors (Lipinski definition) is 1. The molecule has 8 nitrogen and oxygen atoms in total. The maximum atomic E-state index is 12.7. The predicted octanol–water partition coefficient (Wildman–Crippen LogP) is 3.39. The fourth-order valence-electron chi connectivity index (χ4n) is 4.07. The SMILES string of the molecule is Cc1ccccc1-n1c(Cn2c(=O)sc3ccccc32)nnc1SCC(=O)NC[C@@H]1CCCO1. The second-order valence-electron chi connectivity index (χ2n) is 8.17. The molecule has 176 valence electrons. The lowest BCUT2D eigenvalue weighted by Crippen LogP contribution is -2.32. The second kappa shape index (κ2) is 10.1. The van der Waals surface area contributed by atoms with Crippen molar-refractivity contribution in [1.82, 2.24) is 24.6 Å². The molecule has 0 unspecified atom stereocenters. The number of rotatable bonds is 8. The molecule has 1 fully saturated rings. The Hall–Kier alpha value is -2.95. The summed E-state index contributed by atoms with van der Waals surface area (Å²) in [5.74, 6) is 0.793. The Morgan fingerprint density at radius 3 is 2.85 bits per heavy atom. The first-order chi connectivity index (χ1) is 16.6. The van der Waals surface area contributed by atoms with E-state index in [1.165, 1.54) is 23.1 Å². The maximum absolute atomic E-state index is 12.7. The summed E-state index contributed by atoms with van der Waals surface area (Å²) in [6, 6.07) is 15.7. The standard InChI is InChI=1S/C24H25N5O3S2/c1-16-7-2-3-9-18(16)29-21(14-28-19-10-4-5-11-20(19)34-24(28)31)26-27-23(29)33-15-22(30)25-13-17-8-6-12-32-17/h2-5,7,9-11,17H,6,8,12-15H2,1H3,(H,25,30)/t17-/m0/s1. The average Bonchev–Trinajstić information content (AvgIpc) is 3.57. The number of ether oxygens (including phenoxy) is 1. The van der Waals surface area contributed by atoms with Crippen LogP contribution in [-0.2, 0) is 16.1 Å². The normalized spacial score (nSPS) is 15.7. The zero-order valence-corrected chi connectivity index (χ0v) is 20.4. The topological polar surface area (TPSA) is 91.0 Å². The van der Waals surface area contributed by atoms with E-state index in [4.69, 9.17) is 4.74 Å². The molecule has 3 heterocycles. The molecule has 0 aliphatic carbocycles. The summed E-state index contributed by atoms with van der Waals surface area (Å²) in [6.07, 6.45) is 2.13. The lowest BCUT2D eigenvalue weighted by Gasteiger charge is -2.14. The molecule has 10 heteroatoms. The smallest absolute Gasteiger partial charge is 0.308 e. The Kier molecular flexibility index (Phi) is 6.80. The van der Waals surface area contributed by atoms with Crippen molar-refractivity contribution >= 4 is 39.2 Å². The van der Waals surface area contributed by atoms with E-state index < -0.39 is 0 Å². The molecule has 1 atom stereocenters. The minimum Gasteiger partial charge on any atom is -0.376 e. The average molecular weight is 496 g/mol. The lowest BCUT2D eigenvalue weighted by molar-refractivity contribution is -0.119. The van der Waals surface area contributed by atoms with Crippen LogP contribution in [0.25, 0.3) is 15.9 Å². The number of thiazole rings is 1. The molecule has 34 heavy (non-hydrogen) atoms. The van der Waals surface area contributed by atoms with Crippen molar-refractivity contribution in [3.63, 3.8) is 0 Å². The zero-order valence-electron chi connectivity index (χ0n) is 18.8. The third-order valence-corrected chi connectivity index (χ3v) is 7.70. The molecule has 1 amide bonds. The van der Waals surface area contributed by atoms with Crippen molar-refractivity contribution < 1.29 is 9.53 Å². The Balaban J connectivity index is 1.41.